The SMILES string of the molecule is COc1ccc(-c2c3c4n(c(-c5ccc(Cl)c(Cl)c5)cn4c2C(=O)Nc2ccc(C)cc2)CCCC3)cc1. The first-order valence-electron chi connectivity index (χ1n) is 12.7. The van der Waals surface area contributed by atoms with Gasteiger partial charge in [-0.2, -0.15) is 0 Å². The molecule has 0 aliphatic carbocycles. The van der Waals surface area contributed by atoms with Crippen LogP contribution in [-0.4, -0.2) is 22.0 Å². The zero-order valence-corrected chi connectivity index (χ0v) is 22.7. The molecule has 5 nitrogen and oxygen atoms in total. The quantitative estimate of drug-likeness (QED) is 0.242. The largest absolute Gasteiger partial charge is 0.497 e. The minimum absolute atomic E-state index is 0.153. The van der Waals surface area contributed by atoms with Crippen LogP contribution in [0.25, 0.3) is 28.0 Å². The summed E-state index contributed by atoms with van der Waals surface area (Å²) in [5.41, 5.74) is 8.65. The maximum absolute atomic E-state index is 14.0. The Hall–Kier alpha value is -3.67. The molecule has 0 saturated heterocycles. The average Bonchev–Trinajstić information content (AvgIpc) is 3.34. The number of aromatic nitrogens is 2. The summed E-state index contributed by atoms with van der Waals surface area (Å²) >= 11 is 12.6. The molecule has 38 heavy (non-hydrogen) atoms. The predicted octanol–water partition coefficient (Wildman–Crippen LogP) is 8.29. The summed E-state index contributed by atoms with van der Waals surface area (Å²) < 4.78 is 9.77. The molecule has 6 rings (SSSR count). The summed E-state index contributed by atoms with van der Waals surface area (Å²) in [5.74, 6) is 0.625. The van der Waals surface area contributed by atoms with E-state index in [1.54, 1.807) is 7.11 Å². The number of nitrogens with one attached hydrogen (secondary N) is 1. The van der Waals surface area contributed by atoms with E-state index in [1.165, 1.54) is 5.56 Å². The number of carbonyl (C=O) groups is 1. The first-order chi connectivity index (χ1) is 18.4. The van der Waals surface area contributed by atoms with Crippen molar-refractivity contribution in [2.75, 3.05) is 12.4 Å². The molecule has 0 fully saturated rings. The number of anilines is 1. The molecule has 0 unspecified atom stereocenters. The number of rotatable bonds is 5. The Kier molecular flexibility index (Phi) is 6.42. The monoisotopic (exact) mass is 543 g/mol. The highest BCUT2D eigenvalue weighted by Gasteiger charge is 2.29. The second-order valence-corrected chi connectivity index (χ2v) is 10.5. The van der Waals surface area contributed by atoms with Gasteiger partial charge in [-0.1, -0.05) is 59.1 Å². The van der Waals surface area contributed by atoms with Crippen molar-refractivity contribution in [3.8, 4) is 28.1 Å². The van der Waals surface area contributed by atoms with Gasteiger partial charge in [0.05, 0.1) is 22.8 Å². The summed E-state index contributed by atoms with van der Waals surface area (Å²) in [5, 5.41) is 4.16. The summed E-state index contributed by atoms with van der Waals surface area (Å²) in [6.45, 7) is 2.88. The highest BCUT2D eigenvalue weighted by Crippen LogP contribution is 2.40. The van der Waals surface area contributed by atoms with E-state index in [4.69, 9.17) is 27.9 Å². The molecular weight excluding hydrogens is 517 g/mol. The van der Waals surface area contributed by atoms with Gasteiger partial charge in [0.2, 0.25) is 0 Å². The van der Waals surface area contributed by atoms with E-state index < -0.39 is 0 Å². The van der Waals surface area contributed by atoms with Gasteiger partial charge in [-0.15, -0.1) is 0 Å². The number of aryl methyl sites for hydroxylation is 3. The maximum atomic E-state index is 14.0. The summed E-state index contributed by atoms with van der Waals surface area (Å²) in [4.78, 5) is 14.0. The maximum Gasteiger partial charge on any atom is 0.273 e. The topological polar surface area (TPSA) is 47.7 Å². The minimum atomic E-state index is -0.153. The van der Waals surface area contributed by atoms with Gasteiger partial charge in [0, 0.05) is 35.1 Å². The summed E-state index contributed by atoms with van der Waals surface area (Å²) in [6.07, 6.45) is 5.01. The van der Waals surface area contributed by atoms with Crippen molar-refractivity contribution in [3.05, 3.63) is 99.8 Å². The average molecular weight is 544 g/mol. The van der Waals surface area contributed by atoms with Crippen LogP contribution in [0.1, 0.15) is 34.5 Å². The van der Waals surface area contributed by atoms with Gasteiger partial charge in [0.1, 0.15) is 17.1 Å². The zero-order chi connectivity index (χ0) is 26.4. The van der Waals surface area contributed by atoms with Gasteiger partial charge in [0.15, 0.2) is 0 Å². The van der Waals surface area contributed by atoms with Gasteiger partial charge < -0.3 is 14.6 Å². The molecule has 0 spiro atoms. The van der Waals surface area contributed by atoms with Crippen LogP contribution < -0.4 is 10.1 Å². The lowest BCUT2D eigenvalue weighted by atomic mass is 9.97. The number of ether oxygens (including phenoxy) is 1. The fraction of sp³-hybridized carbons (Fsp3) is 0.194. The molecule has 7 heteroatoms. The lowest BCUT2D eigenvalue weighted by Crippen LogP contribution is -2.15. The molecule has 2 aromatic heterocycles. The Morgan fingerprint density at radius 3 is 2.37 bits per heavy atom. The van der Waals surface area contributed by atoms with Gasteiger partial charge in [-0.05, 0) is 68.1 Å². The molecule has 3 aromatic carbocycles. The van der Waals surface area contributed by atoms with Crippen molar-refractivity contribution >= 4 is 40.4 Å². The van der Waals surface area contributed by atoms with E-state index in [1.807, 2.05) is 73.7 Å². The first kappa shape index (κ1) is 24.7. The molecule has 1 aliphatic heterocycles. The van der Waals surface area contributed by atoms with E-state index >= 15 is 0 Å². The molecular formula is C31H27Cl2N3O2. The van der Waals surface area contributed by atoms with Crippen LogP contribution in [0.15, 0.2) is 72.9 Å². The fourth-order valence-corrected chi connectivity index (χ4v) is 5.69. The standard InChI is InChI=1S/C31H27Cl2N3O2/c1-19-6-11-22(12-7-19)34-30(37)29-28(20-8-13-23(38-2)14-9-20)24-5-3-4-16-35-27(18-36(29)31(24)35)21-10-15-25(32)26(33)17-21/h6-15,17-18H,3-5,16H2,1-2H3,(H,34,37). The minimum Gasteiger partial charge on any atom is -0.497 e. The number of imidazole rings is 1. The first-order valence-corrected chi connectivity index (χ1v) is 13.4. The van der Waals surface area contributed by atoms with Crippen molar-refractivity contribution in [3.63, 3.8) is 0 Å². The molecule has 0 radical (unpaired) electrons. The van der Waals surface area contributed by atoms with Crippen LogP contribution in [0.5, 0.6) is 5.75 Å². The zero-order valence-electron chi connectivity index (χ0n) is 21.2. The Balaban J connectivity index is 1.59. The smallest absolute Gasteiger partial charge is 0.273 e. The van der Waals surface area contributed by atoms with Crippen LogP contribution in [0.2, 0.25) is 10.0 Å². The van der Waals surface area contributed by atoms with Gasteiger partial charge in [-0.3, -0.25) is 9.20 Å². The van der Waals surface area contributed by atoms with E-state index in [-0.39, 0.29) is 5.91 Å². The molecule has 0 saturated carbocycles. The number of benzene rings is 3. The van der Waals surface area contributed by atoms with Gasteiger partial charge in [0.25, 0.3) is 5.91 Å². The lowest BCUT2D eigenvalue weighted by molar-refractivity contribution is 0.102. The number of nitrogens with zero attached hydrogens (tertiary/aromatic N) is 2. The number of halogens is 2. The fourth-order valence-electron chi connectivity index (χ4n) is 5.39. The van der Waals surface area contributed by atoms with E-state index in [0.29, 0.717) is 15.7 Å². The van der Waals surface area contributed by atoms with Crippen molar-refractivity contribution < 1.29 is 9.53 Å². The Bertz CT molecular complexity index is 1660. The predicted molar refractivity (Wildman–Crippen MR) is 155 cm³/mol. The Morgan fingerprint density at radius 1 is 0.921 bits per heavy atom. The summed E-state index contributed by atoms with van der Waals surface area (Å²) in [7, 11) is 1.66. The normalized spacial score (nSPS) is 12.9. The second-order valence-electron chi connectivity index (χ2n) is 9.70. The van der Waals surface area contributed by atoms with Crippen LogP contribution in [0, 0.1) is 6.92 Å². The van der Waals surface area contributed by atoms with Crippen LogP contribution >= 0.6 is 23.2 Å². The molecule has 1 N–H and O–H groups in total. The third kappa shape index (κ3) is 4.26. The van der Waals surface area contributed by atoms with Gasteiger partial charge >= 0.3 is 0 Å². The molecule has 1 aliphatic rings. The third-order valence-electron chi connectivity index (χ3n) is 7.25. The van der Waals surface area contributed by atoms with E-state index in [0.717, 1.165) is 70.8 Å². The molecule has 0 atom stereocenters. The molecule has 5 aromatic rings. The van der Waals surface area contributed by atoms with Crippen LogP contribution in [0.4, 0.5) is 5.69 Å². The van der Waals surface area contributed by atoms with Crippen molar-refractivity contribution in [2.24, 2.45) is 0 Å². The molecule has 1 amide bonds. The molecule has 192 valence electrons. The van der Waals surface area contributed by atoms with Crippen molar-refractivity contribution in [1.29, 1.82) is 0 Å². The number of hydrogen-bond donors (Lipinski definition) is 1. The Morgan fingerprint density at radius 2 is 1.66 bits per heavy atom. The number of methoxy groups -OCH3 is 1. The Labute approximate surface area is 231 Å². The highest BCUT2D eigenvalue weighted by molar-refractivity contribution is 6.42. The number of carbonyl (C=O) groups excluding carboxylic acids is 1. The lowest BCUT2D eigenvalue weighted by Gasteiger charge is -2.11. The van der Waals surface area contributed by atoms with Crippen molar-refractivity contribution in [2.45, 2.75) is 32.7 Å². The van der Waals surface area contributed by atoms with Crippen LogP contribution in [0.3, 0.4) is 0 Å². The molecule has 3 heterocycles. The van der Waals surface area contributed by atoms with E-state index in [2.05, 4.69) is 20.5 Å². The molecule has 0 bridgehead atoms. The third-order valence-corrected chi connectivity index (χ3v) is 7.99. The van der Waals surface area contributed by atoms with Gasteiger partial charge in [-0.25, -0.2) is 0 Å². The van der Waals surface area contributed by atoms with E-state index in [9.17, 15) is 4.79 Å². The second kappa shape index (κ2) is 9.90. The number of amides is 1. The van der Waals surface area contributed by atoms with Crippen LogP contribution in [-0.2, 0) is 13.0 Å². The number of hydrogen-bond acceptors (Lipinski definition) is 2. The summed E-state index contributed by atoms with van der Waals surface area (Å²) in [6, 6.07) is 21.5. The van der Waals surface area contributed by atoms with Crippen molar-refractivity contribution in [1.82, 2.24) is 8.97 Å². The highest BCUT2D eigenvalue weighted by atomic mass is 35.5.